The molecule has 374 valence electrons. The Hall–Kier alpha value is -1.74. The first kappa shape index (κ1) is 54.0. The Bertz CT molecular complexity index is 2090. The SMILES string of the molecule is CCCCCCCCCCC1(CCCCCCCCCC)c2cc3c(cc2-c2c1cc(Br)c1nsnc21)C(CCCCCCCCCC)(CCCCCCCCCC)c1cc(Br)c2nsnc2c1-3. The maximum absolute atomic E-state index is 5.19. The molecule has 3 aromatic carbocycles. The van der Waals surface area contributed by atoms with Gasteiger partial charge in [-0.15, -0.1) is 0 Å². The molecule has 5 aromatic rings. The summed E-state index contributed by atoms with van der Waals surface area (Å²) in [6.45, 7) is 9.31. The van der Waals surface area contributed by atoms with Gasteiger partial charge in [0.1, 0.15) is 22.1 Å². The summed E-state index contributed by atoms with van der Waals surface area (Å²) >= 11 is 11.0. The Morgan fingerprint density at radius 2 is 0.574 bits per heavy atom. The summed E-state index contributed by atoms with van der Waals surface area (Å²) in [6, 6.07) is 10.5. The van der Waals surface area contributed by atoms with E-state index in [4.69, 9.17) is 17.5 Å². The van der Waals surface area contributed by atoms with E-state index in [9.17, 15) is 0 Å². The highest BCUT2D eigenvalue weighted by molar-refractivity contribution is 9.11. The van der Waals surface area contributed by atoms with Crippen molar-refractivity contribution in [2.45, 2.75) is 270 Å². The van der Waals surface area contributed by atoms with E-state index in [0.717, 1.165) is 31.0 Å². The smallest absolute Gasteiger partial charge is 0.119 e. The molecule has 8 heteroatoms. The number of hydrogen-bond donors (Lipinski definition) is 0. The van der Waals surface area contributed by atoms with Gasteiger partial charge in [0.2, 0.25) is 0 Å². The summed E-state index contributed by atoms with van der Waals surface area (Å²) in [5.41, 5.74) is 16.0. The Labute approximate surface area is 439 Å². The van der Waals surface area contributed by atoms with Crippen LogP contribution in [0.5, 0.6) is 0 Å². The number of halogens is 2. The topological polar surface area (TPSA) is 51.6 Å². The molecule has 0 amide bonds. The van der Waals surface area contributed by atoms with Crippen molar-refractivity contribution < 1.29 is 0 Å². The lowest BCUT2D eigenvalue weighted by Gasteiger charge is -2.35. The van der Waals surface area contributed by atoms with Crippen molar-refractivity contribution in [3.8, 4) is 22.3 Å². The van der Waals surface area contributed by atoms with Crippen LogP contribution in [0.2, 0.25) is 0 Å². The van der Waals surface area contributed by atoms with Crippen molar-refractivity contribution >= 4 is 77.4 Å². The summed E-state index contributed by atoms with van der Waals surface area (Å²) in [5.74, 6) is 0. The first-order valence-corrected chi connectivity index (χ1v) is 31.6. The van der Waals surface area contributed by atoms with Gasteiger partial charge in [0.25, 0.3) is 0 Å². The molecule has 0 saturated heterocycles. The van der Waals surface area contributed by atoms with Crippen LogP contribution >= 0.6 is 55.3 Å². The van der Waals surface area contributed by atoms with Crippen molar-refractivity contribution in [3.05, 3.63) is 55.5 Å². The van der Waals surface area contributed by atoms with Gasteiger partial charge in [0.05, 0.1) is 23.5 Å². The fraction of sp³-hybridized carbons (Fsp3) is 0.700. The minimum Gasteiger partial charge on any atom is -0.172 e. The first-order chi connectivity index (χ1) is 33.5. The number of unbranched alkanes of at least 4 members (excludes halogenated alkanes) is 28. The second kappa shape index (κ2) is 27.9. The minimum atomic E-state index is -0.0692. The predicted molar refractivity (Wildman–Crippen MR) is 305 cm³/mol. The summed E-state index contributed by atoms with van der Waals surface area (Å²) in [5, 5.41) is 0. The third-order valence-electron chi connectivity index (χ3n) is 16.6. The van der Waals surface area contributed by atoms with Crippen LogP contribution in [-0.4, -0.2) is 17.5 Å². The molecule has 0 atom stereocenters. The van der Waals surface area contributed by atoms with Gasteiger partial charge in [0, 0.05) is 30.9 Å². The van der Waals surface area contributed by atoms with E-state index in [2.05, 4.69) is 83.8 Å². The number of rotatable bonds is 36. The molecule has 0 bridgehead atoms. The van der Waals surface area contributed by atoms with E-state index in [1.807, 2.05) is 0 Å². The number of nitrogens with zero attached hydrogens (tertiary/aromatic N) is 4. The van der Waals surface area contributed by atoms with E-state index in [1.165, 1.54) is 288 Å². The lowest BCUT2D eigenvalue weighted by molar-refractivity contribution is 0.393. The molecule has 0 saturated carbocycles. The average Bonchev–Trinajstić information content (AvgIpc) is 4.14. The molecule has 2 heterocycles. The zero-order valence-electron chi connectivity index (χ0n) is 43.1. The van der Waals surface area contributed by atoms with E-state index >= 15 is 0 Å². The van der Waals surface area contributed by atoms with E-state index in [-0.39, 0.29) is 10.8 Å². The maximum atomic E-state index is 5.19. The molecule has 0 radical (unpaired) electrons. The fourth-order valence-corrected chi connectivity index (χ4v) is 15.2. The summed E-state index contributed by atoms with van der Waals surface area (Å²) in [6.07, 6.45) is 47.7. The standard InChI is InChI=1S/C60H88Br2N4S2/c1-5-9-13-17-21-25-29-33-37-59(38-34-30-26-22-18-14-10-6-2)47-41-46-48(42-45(47)53-49(59)43-51(61)55-57(53)65-67-63-55)60(39-35-31-27-23-19-15-11-7-3,40-36-32-28-24-20-16-12-8-4)50-44-52(62)56-58(54(46)50)66-68-64-56/h41-44H,5-40H2,1-4H3. The molecular weight excluding hydrogens is 1000 g/mol. The molecule has 0 N–H and O–H groups in total. The molecule has 68 heavy (non-hydrogen) atoms. The Morgan fingerprint density at radius 1 is 0.324 bits per heavy atom. The monoisotopic (exact) mass is 1090 g/mol. The van der Waals surface area contributed by atoms with Gasteiger partial charge in [-0.05, 0) is 115 Å². The van der Waals surface area contributed by atoms with Crippen LogP contribution in [0.4, 0.5) is 0 Å². The Kier molecular flexibility index (Phi) is 22.2. The second-order valence-corrected chi connectivity index (χ2v) is 24.3. The van der Waals surface area contributed by atoms with Gasteiger partial charge < -0.3 is 0 Å². The average molecular weight is 1090 g/mol. The van der Waals surface area contributed by atoms with Crippen molar-refractivity contribution in [2.24, 2.45) is 0 Å². The van der Waals surface area contributed by atoms with Crippen molar-refractivity contribution in [1.82, 2.24) is 17.5 Å². The first-order valence-electron chi connectivity index (χ1n) is 28.6. The van der Waals surface area contributed by atoms with Gasteiger partial charge in [-0.25, -0.2) is 0 Å². The summed E-state index contributed by atoms with van der Waals surface area (Å²) in [7, 11) is 0. The van der Waals surface area contributed by atoms with Crippen LogP contribution in [0.1, 0.15) is 281 Å². The predicted octanol–water partition coefficient (Wildman–Crippen LogP) is 21.9. The lowest BCUT2D eigenvalue weighted by atomic mass is 9.68. The highest BCUT2D eigenvalue weighted by Gasteiger charge is 2.49. The molecule has 2 aliphatic rings. The number of fused-ring (bicyclic) bond motifs is 10. The van der Waals surface area contributed by atoms with Crippen LogP contribution in [0.25, 0.3) is 44.3 Å². The van der Waals surface area contributed by atoms with Crippen LogP contribution in [0.3, 0.4) is 0 Å². The third-order valence-corrected chi connectivity index (χ3v) is 18.8. The third kappa shape index (κ3) is 12.7. The van der Waals surface area contributed by atoms with Gasteiger partial charge >= 0.3 is 0 Å². The molecule has 0 fully saturated rings. The largest absolute Gasteiger partial charge is 0.172 e. The normalized spacial score (nSPS) is 14.3. The molecule has 2 aromatic heterocycles. The summed E-state index contributed by atoms with van der Waals surface area (Å²) < 4.78 is 22.5. The second-order valence-electron chi connectivity index (χ2n) is 21.5. The Balaban J connectivity index is 1.33. The molecule has 4 nitrogen and oxygen atoms in total. The zero-order chi connectivity index (χ0) is 47.6. The number of aromatic nitrogens is 4. The van der Waals surface area contributed by atoms with Crippen molar-refractivity contribution in [2.75, 3.05) is 0 Å². The van der Waals surface area contributed by atoms with Crippen LogP contribution in [0, 0.1) is 0 Å². The van der Waals surface area contributed by atoms with E-state index in [1.54, 1.807) is 11.1 Å². The molecule has 7 rings (SSSR count). The number of benzene rings is 3. The zero-order valence-corrected chi connectivity index (χ0v) is 47.9. The van der Waals surface area contributed by atoms with Crippen LogP contribution in [-0.2, 0) is 10.8 Å². The minimum absolute atomic E-state index is 0.0692. The van der Waals surface area contributed by atoms with E-state index in [0.29, 0.717) is 0 Å². The van der Waals surface area contributed by atoms with Gasteiger partial charge in [-0.2, -0.15) is 17.5 Å². The van der Waals surface area contributed by atoms with Gasteiger partial charge in [0.15, 0.2) is 0 Å². The molecular formula is C60H88Br2N4S2. The number of hydrogen-bond acceptors (Lipinski definition) is 6. The van der Waals surface area contributed by atoms with Gasteiger partial charge in [-0.1, -0.05) is 233 Å². The fourth-order valence-electron chi connectivity index (χ4n) is 12.8. The van der Waals surface area contributed by atoms with Crippen LogP contribution < -0.4 is 0 Å². The Morgan fingerprint density at radius 3 is 0.853 bits per heavy atom. The van der Waals surface area contributed by atoms with Crippen molar-refractivity contribution in [1.29, 1.82) is 0 Å². The molecule has 0 spiro atoms. The van der Waals surface area contributed by atoms with Crippen molar-refractivity contribution in [3.63, 3.8) is 0 Å². The highest BCUT2D eigenvalue weighted by Crippen LogP contribution is 2.63. The van der Waals surface area contributed by atoms with E-state index < -0.39 is 0 Å². The lowest BCUT2D eigenvalue weighted by Crippen LogP contribution is -2.27. The highest BCUT2D eigenvalue weighted by atomic mass is 79.9. The molecule has 0 aliphatic heterocycles. The maximum Gasteiger partial charge on any atom is 0.119 e. The quantitative estimate of drug-likeness (QED) is 0.0375. The molecule has 0 unspecified atom stereocenters. The van der Waals surface area contributed by atoms with Gasteiger partial charge in [-0.3, -0.25) is 0 Å². The summed E-state index contributed by atoms with van der Waals surface area (Å²) in [4.78, 5) is 0. The molecule has 2 aliphatic carbocycles. The van der Waals surface area contributed by atoms with Crippen LogP contribution in [0.15, 0.2) is 33.2 Å².